The fourth-order valence-corrected chi connectivity index (χ4v) is 2.53. The lowest BCUT2D eigenvalue weighted by atomic mass is 9.91. The summed E-state index contributed by atoms with van der Waals surface area (Å²) in [5, 5.41) is 0. The molecule has 0 bridgehead atoms. The molecule has 1 aliphatic heterocycles. The zero-order chi connectivity index (χ0) is 14.0. The first-order chi connectivity index (χ1) is 9.66. The normalized spacial score (nSPS) is 16.9. The van der Waals surface area contributed by atoms with E-state index in [9.17, 15) is 0 Å². The Hall–Kier alpha value is -2.09. The van der Waals surface area contributed by atoms with Crippen LogP contribution in [0.1, 0.15) is 30.9 Å². The molecule has 20 heavy (non-hydrogen) atoms. The van der Waals surface area contributed by atoms with E-state index in [4.69, 9.17) is 9.73 Å². The number of hydrogen-bond donors (Lipinski definition) is 0. The molecule has 0 spiro atoms. The first-order valence-corrected chi connectivity index (χ1v) is 6.98. The topological polar surface area (TPSA) is 21.6 Å². The minimum atomic E-state index is -0.128. The Kier molecular flexibility index (Phi) is 3.31. The number of benzene rings is 2. The quantitative estimate of drug-likeness (QED) is 0.821. The van der Waals surface area contributed by atoms with E-state index < -0.39 is 0 Å². The zero-order valence-electron chi connectivity index (χ0n) is 11.9. The van der Waals surface area contributed by atoms with Crippen LogP contribution in [0.5, 0.6) is 0 Å². The first-order valence-electron chi connectivity index (χ1n) is 6.98. The Morgan fingerprint density at radius 3 is 1.80 bits per heavy atom. The highest BCUT2D eigenvalue weighted by molar-refractivity contribution is 5.88. The van der Waals surface area contributed by atoms with Crippen molar-refractivity contribution in [2.45, 2.75) is 25.3 Å². The molecule has 0 atom stereocenters. The molecule has 0 saturated heterocycles. The lowest BCUT2D eigenvalue weighted by Gasteiger charge is -2.17. The second kappa shape index (κ2) is 5.12. The Labute approximate surface area is 120 Å². The Morgan fingerprint density at radius 1 is 0.900 bits per heavy atom. The molecule has 1 aliphatic rings. The summed E-state index contributed by atoms with van der Waals surface area (Å²) in [6.07, 6.45) is 0. The van der Waals surface area contributed by atoms with Crippen molar-refractivity contribution in [2.24, 2.45) is 4.99 Å². The SMILES string of the molecule is CC1(C)COC(C(c2ccccc2)c2ccccc2)=N1. The minimum absolute atomic E-state index is 0.0826. The molecule has 2 aromatic rings. The highest BCUT2D eigenvalue weighted by atomic mass is 16.5. The summed E-state index contributed by atoms with van der Waals surface area (Å²) in [5.41, 5.74) is 2.31. The summed E-state index contributed by atoms with van der Waals surface area (Å²) in [5.74, 6) is 0.909. The Balaban J connectivity index is 2.06. The standard InChI is InChI=1S/C18H19NO/c1-18(2)13-20-17(19-18)16(14-9-5-3-6-10-14)15-11-7-4-8-12-15/h3-12,16H,13H2,1-2H3. The van der Waals surface area contributed by atoms with Crippen molar-refractivity contribution in [3.63, 3.8) is 0 Å². The van der Waals surface area contributed by atoms with Crippen molar-refractivity contribution in [1.82, 2.24) is 0 Å². The van der Waals surface area contributed by atoms with Crippen LogP contribution in [0.3, 0.4) is 0 Å². The van der Waals surface area contributed by atoms with E-state index in [0.29, 0.717) is 6.61 Å². The third-order valence-corrected chi connectivity index (χ3v) is 3.50. The molecule has 2 aromatic carbocycles. The van der Waals surface area contributed by atoms with Crippen molar-refractivity contribution >= 4 is 5.90 Å². The predicted molar refractivity (Wildman–Crippen MR) is 82.2 cm³/mol. The Morgan fingerprint density at radius 2 is 1.40 bits per heavy atom. The van der Waals surface area contributed by atoms with Gasteiger partial charge in [0.25, 0.3) is 0 Å². The van der Waals surface area contributed by atoms with Gasteiger partial charge in [0.1, 0.15) is 6.61 Å². The van der Waals surface area contributed by atoms with Crippen molar-refractivity contribution in [2.75, 3.05) is 6.61 Å². The molecule has 0 N–H and O–H groups in total. The molecule has 1 heterocycles. The van der Waals surface area contributed by atoms with Gasteiger partial charge in [-0.3, -0.25) is 0 Å². The van der Waals surface area contributed by atoms with Gasteiger partial charge in [0.05, 0.1) is 11.5 Å². The van der Waals surface area contributed by atoms with Crippen LogP contribution in [0.2, 0.25) is 0 Å². The van der Waals surface area contributed by atoms with Crippen LogP contribution in [0.15, 0.2) is 65.7 Å². The van der Waals surface area contributed by atoms with E-state index in [-0.39, 0.29) is 11.5 Å². The predicted octanol–water partition coefficient (Wildman–Crippen LogP) is 4.03. The molecule has 2 heteroatoms. The van der Waals surface area contributed by atoms with Crippen LogP contribution in [0, 0.1) is 0 Å². The maximum atomic E-state index is 5.89. The monoisotopic (exact) mass is 265 g/mol. The van der Waals surface area contributed by atoms with Crippen molar-refractivity contribution < 1.29 is 4.74 Å². The first kappa shape index (κ1) is 12.9. The summed E-state index contributed by atoms with van der Waals surface area (Å²) < 4.78 is 5.89. The molecule has 2 nitrogen and oxygen atoms in total. The number of ether oxygens (including phenoxy) is 1. The van der Waals surface area contributed by atoms with Gasteiger partial charge in [0.15, 0.2) is 5.90 Å². The smallest absolute Gasteiger partial charge is 0.196 e. The van der Waals surface area contributed by atoms with Crippen LogP contribution < -0.4 is 0 Å². The largest absolute Gasteiger partial charge is 0.478 e. The van der Waals surface area contributed by atoms with E-state index >= 15 is 0 Å². The van der Waals surface area contributed by atoms with Crippen LogP contribution in [-0.4, -0.2) is 18.0 Å². The highest BCUT2D eigenvalue weighted by Crippen LogP contribution is 2.31. The summed E-state index contributed by atoms with van der Waals surface area (Å²) in [4.78, 5) is 4.77. The second-order valence-corrected chi connectivity index (χ2v) is 5.81. The summed E-state index contributed by atoms with van der Waals surface area (Å²) in [7, 11) is 0. The van der Waals surface area contributed by atoms with Gasteiger partial charge in [0.2, 0.25) is 0 Å². The molecule has 0 aromatic heterocycles. The van der Waals surface area contributed by atoms with Gasteiger partial charge in [-0.2, -0.15) is 0 Å². The van der Waals surface area contributed by atoms with Gasteiger partial charge >= 0.3 is 0 Å². The summed E-state index contributed by atoms with van der Waals surface area (Å²) in [6.45, 7) is 4.86. The van der Waals surface area contributed by atoms with E-state index in [1.54, 1.807) is 0 Å². The summed E-state index contributed by atoms with van der Waals surface area (Å²) >= 11 is 0. The van der Waals surface area contributed by atoms with Gasteiger partial charge in [-0.05, 0) is 25.0 Å². The molecule has 3 rings (SSSR count). The minimum Gasteiger partial charge on any atom is -0.478 e. The lowest BCUT2D eigenvalue weighted by molar-refractivity contribution is 0.273. The molecule has 0 saturated carbocycles. The zero-order valence-corrected chi connectivity index (χ0v) is 11.9. The third kappa shape index (κ3) is 2.60. The lowest BCUT2D eigenvalue weighted by Crippen LogP contribution is -2.17. The van der Waals surface area contributed by atoms with Crippen LogP contribution in [-0.2, 0) is 4.74 Å². The fourth-order valence-electron chi connectivity index (χ4n) is 2.53. The number of hydrogen-bond acceptors (Lipinski definition) is 2. The molecule has 0 amide bonds. The maximum Gasteiger partial charge on any atom is 0.196 e. The average Bonchev–Trinajstić information content (AvgIpc) is 2.81. The fraction of sp³-hybridized carbons (Fsp3) is 0.278. The van der Waals surface area contributed by atoms with E-state index in [1.165, 1.54) is 11.1 Å². The van der Waals surface area contributed by atoms with Gasteiger partial charge < -0.3 is 4.74 Å². The molecule has 0 fully saturated rings. The molecule has 0 aliphatic carbocycles. The number of rotatable bonds is 3. The van der Waals surface area contributed by atoms with Gasteiger partial charge in [-0.15, -0.1) is 0 Å². The van der Waals surface area contributed by atoms with Gasteiger partial charge in [-0.1, -0.05) is 60.7 Å². The van der Waals surface area contributed by atoms with Crippen LogP contribution >= 0.6 is 0 Å². The van der Waals surface area contributed by atoms with E-state index in [1.807, 2.05) is 12.1 Å². The van der Waals surface area contributed by atoms with Gasteiger partial charge in [-0.25, -0.2) is 4.99 Å². The number of aliphatic imine (C=N–C) groups is 1. The van der Waals surface area contributed by atoms with Crippen molar-refractivity contribution in [3.8, 4) is 0 Å². The third-order valence-electron chi connectivity index (χ3n) is 3.50. The molecule has 102 valence electrons. The maximum absolute atomic E-state index is 5.89. The van der Waals surface area contributed by atoms with Crippen molar-refractivity contribution in [1.29, 1.82) is 0 Å². The molecule has 0 radical (unpaired) electrons. The number of nitrogens with zero attached hydrogens (tertiary/aromatic N) is 1. The van der Waals surface area contributed by atoms with Gasteiger partial charge in [0, 0.05) is 0 Å². The highest BCUT2D eigenvalue weighted by Gasteiger charge is 2.32. The van der Waals surface area contributed by atoms with E-state index in [2.05, 4.69) is 62.4 Å². The molecular formula is C18H19NO. The Bertz CT molecular complexity index is 562. The van der Waals surface area contributed by atoms with Crippen molar-refractivity contribution in [3.05, 3.63) is 71.8 Å². The second-order valence-electron chi connectivity index (χ2n) is 5.81. The van der Waals surface area contributed by atoms with Crippen LogP contribution in [0.25, 0.3) is 0 Å². The molecule has 0 unspecified atom stereocenters. The molecular weight excluding hydrogens is 246 g/mol. The van der Waals surface area contributed by atoms with E-state index in [0.717, 1.165) is 5.90 Å². The van der Waals surface area contributed by atoms with Crippen LogP contribution in [0.4, 0.5) is 0 Å². The summed E-state index contributed by atoms with van der Waals surface area (Å²) in [6, 6.07) is 20.8. The average molecular weight is 265 g/mol.